The first-order valence-electron chi connectivity index (χ1n) is 6.52. The Kier molecular flexibility index (Phi) is 4.89. The first-order chi connectivity index (χ1) is 10.5. The Bertz CT molecular complexity index is 671. The van der Waals surface area contributed by atoms with Crippen LogP contribution in [0.2, 0.25) is 0 Å². The van der Waals surface area contributed by atoms with E-state index in [1.165, 1.54) is 25.4 Å². The highest BCUT2D eigenvalue weighted by atomic mass is 32.1. The van der Waals surface area contributed by atoms with Crippen LogP contribution in [0.1, 0.15) is 17.4 Å². The van der Waals surface area contributed by atoms with E-state index in [-0.39, 0.29) is 12.3 Å². The predicted octanol–water partition coefficient (Wildman–Crippen LogP) is 2.03. The Morgan fingerprint density at radius 2 is 2.05 bits per heavy atom. The van der Waals surface area contributed by atoms with Gasteiger partial charge in [-0.3, -0.25) is 4.79 Å². The van der Waals surface area contributed by atoms with Gasteiger partial charge in [0.05, 0.1) is 6.61 Å². The van der Waals surface area contributed by atoms with Gasteiger partial charge in [0.1, 0.15) is 10.7 Å². The number of ether oxygens (including phenoxy) is 1. The molecule has 0 bridgehead atoms. The first-order valence-corrected chi connectivity index (χ1v) is 7.40. The molecule has 2 aromatic rings. The third-order valence-corrected chi connectivity index (χ3v) is 3.94. The van der Waals surface area contributed by atoms with Gasteiger partial charge in [-0.2, -0.15) is 0 Å². The predicted molar refractivity (Wildman–Crippen MR) is 82.9 cm³/mol. The van der Waals surface area contributed by atoms with Crippen LogP contribution in [0.5, 0.6) is 0 Å². The van der Waals surface area contributed by atoms with Crippen molar-refractivity contribution in [2.45, 2.75) is 12.5 Å². The van der Waals surface area contributed by atoms with E-state index in [1.807, 2.05) is 30.3 Å². The highest BCUT2D eigenvalue weighted by Gasteiger charge is 2.35. The van der Waals surface area contributed by atoms with Gasteiger partial charge in [0.2, 0.25) is 0 Å². The van der Waals surface area contributed by atoms with Crippen LogP contribution in [0.15, 0.2) is 35.7 Å². The molecule has 0 spiro atoms. The number of carboxylic acids is 1. The fourth-order valence-corrected chi connectivity index (χ4v) is 2.65. The van der Waals surface area contributed by atoms with Crippen LogP contribution >= 0.6 is 11.3 Å². The molecule has 0 aliphatic heterocycles. The highest BCUT2D eigenvalue weighted by Crippen LogP contribution is 2.23. The normalized spacial score (nSPS) is 13.4. The summed E-state index contributed by atoms with van der Waals surface area (Å²) in [6.07, 6.45) is 0. The molecule has 116 valence electrons. The maximum atomic E-state index is 12.2. The van der Waals surface area contributed by atoms with E-state index in [1.54, 1.807) is 5.38 Å². The van der Waals surface area contributed by atoms with E-state index in [0.717, 1.165) is 5.56 Å². The summed E-state index contributed by atoms with van der Waals surface area (Å²) >= 11 is 1.33. The van der Waals surface area contributed by atoms with Crippen molar-refractivity contribution in [1.82, 2.24) is 10.3 Å². The van der Waals surface area contributed by atoms with Crippen molar-refractivity contribution in [3.8, 4) is 10.6 Å². The number of hydrogen-bond acceptors (Lipinski definition) is 5. The second kappa shape index (κ2) is 6.67. The lowest BCUT2D eigenvalue weighted by atomic mass is 10.0. The van der Waals surface area contributed by atoms with E-state index in [0.29, 0.717) is 5.01 Å². The van der Waals surface area contributed by atoms with E-state index in [4.69, 9.17) is 4.74 Å². The maximum absolute atomic E-state index is 12.2. The molecule has 0 saturated heterocycles. The minimum Gasteiger partial charge on any atom is -0.479 e. The average Bonchev–Trinajstić information content (AvgIpc) is 2.98. The van der Waals surface area contributed by atoms with Crippen LogP contribution in [-0.4, -0.2) is 41.2 Å². The summed E-state index contributed by atoms with van der Waals surface area (Å²) < 4.78 is 4.87. The molecule has 0 aliphatic rings. The topological polar surface area (TPSA) is 88.5 Å². The van der Waals surface area contributed by atoms with Crippen molar-refractivity contribution in [2.75, 3.05) is 13.7 Å². The lowest BCUT2D eigenvalue weighted by molar-refractivity contribution is -0.145. The molecule has 22 heavy (non-hydrogen) atoms. The molecule has 0 fully saturated rings. The zero-order valence-electron chi connectivity index (χ0n) is 12.2. The zero-order valence-corrected chi connectivity index (χ0v) is 13.0. The Balaban J connectivity index is 2.17. The van der Waals surface area contributed by atoms with Crippen molar-refractivity contribution in [2.24, 2.45) is 0 Å². The summed E-state index contributed by atoms with van der Waals surface area (Å²) in [6, 6.07) is 9.46. The fraction of sp³-hybridized carbons (Fsp3) is 0.267. The number of nitrogens with one attached hydrogen (secondary N) is 1. The van der Waals surface area contributed by atoms with Gasteiger partial charge in [-0.25, -0.2) is 9.78 Å². The number of hydrogen-bond donors (Lipinski definition) is 2. The number of amides is 1. The summed E-state index contributed by atoms with van der Waals surface area (Å²) in [5.74, 6) is -1.71. The molecule has 1 atom stereocenters. The largest absolute Gasteiger partial charge is 0.479 e. The van der Waals surface area contributed by atoms with Gasteiger partial charge in [0.15, 0.2) is 5.54 Å². The number of thiazole rings is 1. The third-order valence-electron chi connectivity index (χ3n) is 3.05. The Morgan fingerprint density at radius 1 is 1.36 bits per heavy atom. The Hall–Kier alpha value is -2.25. The molecular weight excluding hydrogens is 304 g/mol. The minimum absolute atomic E-state index is 0.135. The molecular formula is C15H16N2O4S. The fourth-order valence-electron chi connectivity index (χ4n) is 1.85. The molecule has 0 aliphatic carbocycles. The SMILES string of the molecule is COCC(C)(NC(=O)c1csc(-c2ccccc2)n1)C(=O)O. The number of aromatic nitrogens is 1. The summed E-state index contributed by atoms with van der Waals surface area (Å²) in [4.78, 5) is 27.7. The smallest absolute Gasteiger partial charge is 0.331 e. The minimum atomic E-state index is -1.50. The molecule has 1 unspecified atom stereocenters. The molecule has 1 heterocycles. The van der Waals surface area contributed by atoms with Crippen LogP contribution in [0.25, 0.3) is 10.6 Å². The van der Waals surface area contributed by atoms with Gasteiger partial charge >= 0.3 is 5.97 Å². The van der Waals surface area contributed by atoms with Gasteiger partial charge in [0.25, 0.3) is 5.91 Å². The molecule has 2 rings (SSSR count). The lowest BCUT2D eigenvalue weighted by Crippen LogP contribution is -2.55. The summed E-state index contributed by atoms with van der Waals surface area (Å²) in [7, 11) is 1.38. The first kappa shape index (κ1) is 16.1. The quantitative estimate of drug-likeness (QED) is 0.850. The molecule has 2 N–H and O–H groups in total. The molecule has 7 heteroatoms. The number of benzene rings is 1. The molecule has 6 nitrogen and oxygen atoms in total. The summed E-state index contributed by atoms with van der Waals surface area (Å²) in [5, 5.41) is 14.0. The highest BCUT2D eigenvalue weighted by molar-refractivity contribution is 7.13. The van der Waals surface area contributed by atoms with Crippen molar-refractivity contribution in [3.63, 3.8) is 0 Å². The van der Waals surface area contributed by atoms with Crippen LogP contribution in [0, 0.1) is 0 Å². The molecule has 0 saturated carbocycles. The average molecular weight is 320 g/mol. The monoisotopic (exact) mass is 320 g/mol. The van der Waals surface area contributed by atoms with Crippen molar-refractivity contribution in [3.05, 3.63) is 41.4 Å². The number of rotatable bonds is 6. The standard InChI is InChI=1S/C15H16N2O4S/c1-15(9-21-2,14(19)20)17-12(18)11-8-22-13(16-11)10-6-4-3-5-7-10/h3-8H,9H2,1-2H3,(H,17,18)(H,19,20). The zero-order chi connectivity index (χ0) is 16.2. The molecule has 1 amide bonds. The van der Waals surface area contributed by atoms with Crippen molar-refractivity contribution < 1.29 is 19.4 Å². The molecule has 1 aromatic heterocycles. The summed E-state index contributed by atoms with van der Waals surface area (Å²) in [5.41, 5.74) is -0.403. The molecule has 0 radical (unpaired) electrons. The van der Waals surface area contributed by atoms with E-state index < -0.39 is 17.4 Å². The van der Waals surface area contributed by atoms with E-state index >= 15 is 0 Å². The number of carbonyl (C=O) groups excluding carboxylic acids is 1. The van der Waals surface area contributed by atoms with Crippen LogP contribution in [-0.2, 0) is 9.53 Å². The number of methoxy groups -OCH3 is 1. The number of carbonyl (C=O) groups is 2. The lowest BCUT2D eigenvalue weighted by Gasteiger charge is -2.24. The van der Waals surface area contributed by atoms with Crippen LogP contribution in [0.3, 0.4) is 0 Å². The third kappa shape index (κ3) is 3.49. The van der Waals surface area contributed by atoms with Crippen LogP contribution in [0.4, 0.5) is 0 Å². The number of carboxylic acid groups (broad SMARTS) is 1. The van der Waals surface area contributed by atoms with Gasteiger partial charge in [-0.15, -0.1) is 11.3 Å². The van der Waals surface area contributed by atoms with Crippen molar-refractivity contribution >= 4 is 23.2 Å². The van der Waals surface area contributed by atoms with Gasteiger partial charge in [-0.05, 0) is 6.92 Å². The summed E-state index contributed by atoms with van der Waals surface area (Å²) in [6.45, 7) is 1.25. The van der Waals surface area contributed by atoms with Crippen molar-refractivity contribution in [1.29, 1.82) is 0 Å². The Labute approximate surface area is 131 Å². The van der Waals surface area contributed by atoms with E-state index in [9.17, 15) is 14.7 Å². The second-order valence-corrected chi connectivity index (χ2v) is 5.79. The molecule has 1 aromatic carbocycles. The van der Waals surface area contributed by atoms with Crippen LogP contribution < -0.4 is 5.32 Å². The number of nitrogens with zero attached hydrogens (tertiary/aromatic N) is 1. The van der Waals surface area contributed by atoms with Gasteiger partial charge in [0, 0.05) is 18.1 Å². The van der Waals surface area contributed by atoms with Gasteiger partial charge in [-0.1, -0.05) is 30.3 Å². The maximum Gasteiger partial charge on any atom is 0.331 e. The Morgan fingerprint density at radius 3 is 2.64 bits per heavy atom. The number of aliphatic carboxylic acids is 1. The van der Waals surface area contributed by atoms with E-state index in [2.05, 4.69) is 10.3 Å². The second-order valence-electron chi connectivity index (χ2n) is 4.93. The van der Waals surface area contributed by atoms with Gasteiger partial charge < -0.3 is 15.2 Å².